The summed E-state index contributed by atoms with van der Waals surface area (Å²) >= 11 is 1.58. The van der Waals surface area contributed by atoms with Crippen LogP contribution in [0.25, 0.3) is 21.3 Å². The number of rotatable bonds is 6. The van der Waals surface area contributed by atoms with E-state index in [4.69, 9.17) is 4.74 Å². The van der Waals surface area contributed by atoms with Crippen molar-refractivity contribution in [3.05, 3.63) is 41.5 Å². The van der Waals surface area contributed by atoms with Gasteiger partial charge < -0.3 is 14.5 Å². The first-order valence-electron chi connectivity index (χ1n) is 8.25. The number of likely N-dealkylation sites (N-methyl/N-ethyl adjacent to an activating group) is 2. The monoisotopic (exact) mass is 370 g/mol. The minimum absolute atomic E-state index is 0.0176. The summed E-state index contributed by atoms with van der Waals surface area (Å²) < 4.78 is 5.21. The lowest BCUT2D eigenvalue weighted by Gasteiger charge is -2.21. The molecule has 0 N–H and O–H groups in total. The Labute approximate surface area is 157 Å². The van der Waals surface area contributed by atoms with Crippen molar-refractivity contribution in [2.24, 2.45) is 0 Å². The van der Waals surface area contributed by atoms with E-state index < -0.39 is 0 Å². The van der Waals surface area contributed by atoms with Gasteiger partial charge >= 0.3 is 0 Å². The second kappa shape index (κ2) is 7.80. The van der Waals surface area contributed by atoms with Crippen molar-refractivity contribution in [2.45, 2.75) is 6.61 Å². The lowest BCUT2D eigenvalue weighted by atomic mass is 10.1. The number of nitrogens with zero attached hydrogens (tertiary/aromatic N) is 4. The van der Waals surface area contributed by atoms with E-state index in [2.05, 4.69) is 27.5 Å². The molecule has 0 bridgehead atoms. The molecule has 0 unspecified atom stereocenters. The van der Waals surface area contributed by atoms with Crippen LogP contribution in [0.15, 0.2) is 35.7 Å². The van der Waals surface area contributed by atoms with E-state index in [1.165, 1.54) is 0 Å². The van der Waals surface area contributed by atoms with Crippen molar-refractivity contribution >= 4 is 33.3 Å². The highest BCUT2D eigenvalue weighted by molar-refractivity contribution is 7.17. The molecule has 3 aromatic rings. The summed E-state index contributed by atoms with van der Waals surface area (Å²) in [5.41, 5.74) is 2.18. The lowest BCUT2D eigenvalue weighted by Crippen LogP contribution is -2.35. The molecule has 1 aromatic carbocycles. The lowest BCUT2D eigenvalue weighted by molar-refractivity contribution is -0.127. The van der Waals surface area contributed by atoms with Crippen LogP contribution in [0.2, 0.25) is 0 Å². The van der Waals surface area contributed by atoms with E-state index in [0.717, 1.165) is 27.2 Å². The molecular formula is C19H22N4O2S. The standard InChI is InChI=1S/C19H22N4O2S/c1-22(2)16(24)10-23(3)18-17-14(13-8-6-5-7-9-13)12-26-19(17)21-15(20-18)11-25-4/h5-9,12H,10-11H2,1-4H3. The number of anilines is 1. The smallest absolute Gasteiger partial charge is 0.241 e. The van der Waals surface area contributed by atoms with E-state index in [0.29, 0.717) is 12.4 Å². The predicted octanol–water partition coefficient (Wildman–Crippen LogP) is 3.03. The maximum absolute atomic E-state index is 12.2. The predicted molar refractivity (Wildman–Crippen MR) is 106 cm³/mol. The van der Waals surface area contributed by atoms with Crippen LogP contribution in [0, 0.1) is 0 Å². The third kappa shape index (κ3) is 3.68. The first kappa shape index (κ1) is 18.3. The van der Waals surface area contributed by atoms with Crippen LogP contribution < -0.4 is 4.90 Å². The third-order valence-electron chi connectivity index (χ3n) is 4.05. The molecule has 136 valence electrons. The van der Waals surface area contributed by atoms with Gasteiger partial charge in [-0.15, -0.1) is 11.3 Å². The molecule has 3 rings (SSSR count). The number of carbonyl (C=O) groups is 1. The van der Waals surface area contributed by atoms with Crippen molar-refractivity contribution < 1.29 is 9.53 Å². The van der Waals surface area contributed by atoms with Gasteiger partial charge in [0.2, 0.25) is 5.91 Å². The summed E-state index contributed by atoms with van der Waals surface area (Å²) in [5, 5.41) is 3.06. The number of thiophene rings is 1. The first-order chi connectivity index (χ1) is 12.5. The highest BCUT2D eigenvalue weighted by Crippen LogP contribution is 2.38. The summed E-state index contributed by atoms with van der Waals surface area (Å²) in [6, 6.07) is 10.2. The zero-order chi connectivity index (χ0) is 18.7. The largest absolute Gasteiger partial charge is 0.377 e. The Balaban J connectivity index is 2.14. The maximum atomic E-state index is 12.2. The average Bonchev–Trinajstić information content (AvgIpc) is 3.05. The highest BCUT2D eigenvalue weighted by Gasteiger charge is 2.20. The van der Waals surface area contributed by atoms with E-state index in [9.17, 15) is 4.79 Å². The Morgan fingerprint density at radius 1 is 1.15 bits per heavy atom. The number of aromatic nitrogens is 2. The van der Waals surface area contributed by atoms with Crippen molar-refractivity contribution in [3.63, 3.8) is 0 Å². The zero-order valence-corrected chi connectivity index (χ0v) is 16.2. The van der Waals surface area contributed by atoms with Gasteiger partial charge in [-0.05, 0) is 5.56 Å². The molecule has 2 aromatic heterocycles. The molecule has 6 nitrogen and oxygen atoms in total. The fourth-order valence-corrected chi connectivity index (χ4v) is 3.65. The number of hydrogen-bond donors (Lipinski definition) is 0. The number of hydrogen-bond acceptors (Lipinski definition) is 6. The third-order valence-corrected chi connectivity index (χ3v) is 4.92. The van der Waals surface area contributed by atoms with Gasteiger partial charge in [0.15, 0.2) is 5.82 Å². The quantitative estimate of drug-likeness (QED) is 0.667. The molecule has 0 aliphatic carbocycles. The molecule has 7 heteroatoms. The summed E-state index contributed by atoms with van der Waals surface area (Å²) in [7, 11) is 7.01. The minimum atomic E-state index is 0.0176. The van der Waals surface area contributed by atoms with Gasteiger partial charge in [0, 0.05) is 39.2 Å². The number of amides is 1. The molecule has 1 amide bonds. The fourth-order valence-electron chi connectivity index (χ4n) is 2.69. The van der Waals surface area contributed by atoms with Crippen molar-refractivity contribution in [1.82, 2.24) is 14.9 Å². The highest BCUT2D eigenvalue weighted by atomic mass is 32.1. The topological polar surface area (TPSA) is 58.6 Å². The van der Waals surface area contributed by atoms with E-state index in [1.807, 2.05) is 30.1 Å². The SMILES string of the molecule is COCc1nc(N(C)CC(=O)N(C)C)c2c(-c3ccccc3)csc2n1. The number of methoxy groups -OCH3 is 1. The molecule has 0 atom stereocenters. The summed E-state index contributed by atoms with van der Waals surface area (Å²) in [6.07, 6.45) is 0. The molecule has 0 fully saturated rings. The Kier molecular flexibility index (Phi) is 5.49. The molecule has 26 heavy (non-hydrogen) atoms. The number of benzene rings is 1. The van der Waals surface area contributed by atoms with Crippen LogP contribution in [0.4, 0.5) is 5.82 Å². The fraction of sp³-hybridized carbons (Fsp3) is 0.316. The minimum Gasteiger partial charge on any atom is -0.377 e. The zero-order valence-electron chi connectivity index (χ0n) is 15.4. The Morgan fingerprint density at radius 3 is 2.54 bits per heavy atom. The van der Waals surface area contributed by atoms with Gasteiger partial charge in [0.1, 0.15) is 17.3 Å². The van der Waals surface area contributed by atoms with E-state index in [1.54, 1.807) is 37.4 Å². The molecule has 0 saturated carbocycles. The van der Waals surface area contributed by atoms with Gasteiger partial charge in [0.05, 0.1) is 11.9 Å². The first-order valence-corrected chi connectivity index (χ1v) is 9.13. The van der Waals surface area contributed by atoms with Crippen LogP contribution in [0.5, 0.6) is 0 Å². The Morgan fingerprint density at radius 2 is 1.88 bits per heavy atom. The van der Waals surface area contributed by atoms with Crippen molar-refractivity contribution in [2.75, 3.05) is 39.7 Å². The number of carbonyl (C=O) groups excluding carboxylic acids is 1. The van der Waals surface area contributed by atoms with Crippen molar-refractivity contribution in [1.29, 1.82) is 0 Å². The van der Waals surface area contributed by atoms with Crippen LogP contribution in [0.3, 0.4) is 0 Å². The van der Waals surface area contributed by atoms with E-state index in [-0.39, 0.29) is 12.5 Å². The number of ether oxygens (including phenoxy) is 1. The average molecular weight is 370 g/mol. The van der Waals surface area contributed by atoms with Crippen LogP contribution in [0.1, 0.15) is 5.82 Å². The van der Waals surface area contributed by atoms with Gasteiger partial charge in [0.25, 0.3) is 0 Å². The molecule has 0 spiro atoms. The molecule has 0 aliphatic heterocycles. The van der Waals surface area contributed by atoms with Gasteiger partial charge in [-0.1, -0.05) is 30.3 Å². The molecule has 2 heterocycles. The van der Waals surface area contributed by atoms with Crippen molar-refractivity contribution in [3.8, 4) is 11.1 Å². The summed E-state index contributed by atoms with van der Waals surface area (Å²) in [4.78, 5) is 25.9. The van der Waals surface area contributed by atoms with Crippen LogP contribution >= 0.6 is 11.3 Å². The van der Waals surface area contributed by atoms with Crippen LogP contribution in [-0.2, 0) is 16.1 Å². The van der Waals surface area contributed by atoms with Gasteiger partial charge in [-0.25, -0.2) is 9.97 Å². The second-order valence-corrected chi connectivity index (χ2v) is 7.09. The summed E-state index contributed by atoms with van der Waals surface area (Å²) in [6.45, 7) is 0.576. The normalized spacial score (nSPS) is 10.9. The molecular weight excluding hydrogens is 348 g/mol. The molecule has 0 saturated heterocycles. The summed E-state index contributed by atoms with van der Waals surface area (Å²) in [5.74, 6) is 1.38. The van der Waals surface area contributed by atoms with Gasteiger partial charge in [-0.3, -0.25) is 4.79 Å². The Hall–Kier alpha value is -2.51. The second-order valence-electron chi connectivity index (χ2n) is 6.24. The van der Waals surface area contributed by atoms with E-state index >= 15 is 0 Å². The van der Waals surface area contributed by atoms with Crippen LogP contribution in [-0.4, -0.2) is 55.6 Å². The maximum Gasteiger partial charge on any atom is 0.241 e. The molecule has 0 aliphatic rings. The number of fused-ring (bicyclic) bond motifs is 1. The molecule has 0 radical (unpaired) electrons. The Bertz CT molecular complexity index is 909. The van der Waals surface area contributed by atoms with Gasteiger partial charge in [-0.2, -0.15) is 0 Å².